The van der Waals surface area contributed by atoms with E-state index in [0.29, 0.717) is 19.6 Å². The van der Waals surface area contributed by atoms with E-state index in [0.717, 1.165) is 39.4 Å². The number of likely N-dealkylation sites (N-methyl/N-ethyl adjacent to an activating group) is 1. The van der Waals surface area contributed by atoms with Crippen molar-refractivity contribution in [2.45, 2.75) is 20.0 Å². The Bertz CT molecular complexity index is 254. The first-order valence-corrected chi connectivity index (χ1v) is 7.14. The molecular weight excluding hydrogens is 246 g/mol. The Morgan fingerprint density at radius 2 is 2.00 bits per heavy atom. The van der Waals surface area contributed by atoms with Crippen molar-refractivity contribution in [3.8, 4) is 0 Å². The molecule has 1 amide bonds. The number of aliphatic hydroxyl groups excluding tert-OH is 1. The fourth-order valence-electron chi connectivity index (χ4n) is 2.18. The molecule has 112 valence electrons. The fraction of sp³-hybridized carbons (Fsp3) is 0.923. The Kier molecular flexibility index (Phi) is 7.97. The fourth-order valence-corrected chi connectivity index (χ4v) is 2.18. The summed E-state index contributed by atoms with van der Waals surface area (Å²) in [6, 6.07) is 0. The number of rotatable bonds is 8. The molecule has 6 nitrogen and oxygen atoms in total. The predicted octanol–water partition coefficient (Wildman–Crippen LogP) is -0.862. The van der Waals surface area contributed by atoms with Crippen LogP contribution in [0.1, 0.15) is 13.8 Å². The minimum atomic E-state index is -0.442. The van der Waals surface area contributed by atoms with Crippen LogP contribution in [0.25, 0.3) is 0 Å². The number of hydrogen-bond donors (Lipinski definition) is 2. The minimum Gasteiger partial charge on any atom is -0.390 e. The lowest BCUT2D eigenvalue weighted by atomic mass is 10.3. The average Bonchev–Trinajstić information content (AvgIpc) is 2.41. The highest BCUT2D eigenvalue weighted by Gasteiger charge is 2.15. The van der Waals surface area contributed by atoms with E-state index in [1.807, 2.05) is 13.8 Å². The number of nitrogens with zero attached hydrogens (tertiary/aromatic N) is 2. The molecule has 6 heteroatoms. The van der Waals surface area contributed by atoms with Gasteiger partial charge in [-0.1, -0.05) is 0 Å². The van der Waals surface area contributed by atoms with Crippen LogP contribution >= 0.6 is 0 Å². The summed E-state index contributed by atoms with van der Waals surface area (Å²) in [5, 5.41) is 12.9. The van der Waals surface area contributed by atoms with Gasteiger partial charge in [0.15, 0.2) is 0 Å². The van der Waals surface area contributed by atoms with E-state index >= 15 is 0 Å². The molecule has 0 radical (unpaired) electrons. The smallest absolute Gasteiger partial charge is 0.236 e. The van der Waals surface area contributed by atoms with Gasteiger partial charge in [-0.05, 0) is 13.8 Å². The first-order chi connectivity index (χ1) is 9.17. The molecule has 1 saturated heterocycles. The van der Waals surface area contributed by atoms with Crippen LogP contribution in [-0.4, -0.2) is 85.9 Å². The lowest BCUT2D eigenvalue weighted by Gasteiger charge is -2.28. The number of aliphatic hydroxyl groups is 1. The Morgan fingerprint density at radius 1 is 1.37 bits per heavy atom. The maximum absolute atomic E-state index is 11.7. The highest BCUT2D eigenvalue weighted by molar-refractivity contribution is 5.78. The lowest BCUT2D eigenvalue weighted by molar-refractivity contribution is -0.129. The van der Waals surface area contributed by atoms with Gasteiger partial charge in [-0.2, -0.15) is 0 Å². The predicted molar refractivity (Wildman–Crippen MR) is 74.1 cm³/mol. The van der Waals surface area contributed by atoms with E-state index in [1.165, 1.54) is 0 Å². The lowest BCUT2D eigenvalue weighted by Crippen LogP contribution is -2.45. The molecule has 2 N–H and O–H groups in total. The van der Waals surface area contributed by atoms with Gasteiger partial charge in [-0.25, -0.2) is 0 Å². The van der Waals surface area contributed by atoms with Crippen LogP contribution in [-0.2, 0) is 9.53 Å². The third-order valence-electron chi connectivity index (χ3n) is 3.34. The van der Waals surface area contributed by atoms with E-state index in [-0.39, 0.29) is 5.91 Å². The SMILES string of the molecule is CCN(CC)C(=O)CNCC(O)CN1CCOCC1. The van der Waals surface area contributed by atoms with Crippen LogP contribution in [0.3, 0.4) is 0 Å². The largest absolute Gasteiger partial charge is 0.390 e. The van der Waals surface area contributed by atoms with Gasteiger partial charge in [0.2, 0.25) is 5.91 Å². The summed E-state index contributed by atoms with van der Waals surface area (Å²) in [6.45, 7) is 9.98. The summed E-state index contributed by atoms with van der Waals surface area (Å²) in [7, 11) is 0. The van der Waals surface area contributed by atoms with Gasteiger partial charge < -0.3 is 20.1 Å². The summed E-state index contributed by atoms with van der Waals surface area (Å²) in [5.74, 6) is 0.0866. The molecule has 1 heterocycles. The highest BCUT2D eigenvalue weighted by Crippen LogP contribution is 1.98. The molecule has 0 aromatic rings. The van der Waals surface area contributed by atoms with Crippen LogP contribution in [0.4, 0.5) is 0 Å². The Hall–Kier alpha value is -0.690. The summed E-state index contributed by atoms with van der Waals surface area (Å²) in [5.41, 5.74) is 0. The van der Waals surface area contributed by atoms with Gasteiger partial charge in [0.25, 0.3) is 0 Å². The van der Waals surface area contributed by atoms with Crippen LogP contribution in [0.2, 0.25) is 0 Å². The number of ether oxygens (including phenoxy) is 1. The number of carbonyl (C=O) groups excluding carboxylic acids is 1. The van der Waals surface area contributed by atoms with Gasteiger partial charge >= 0.3 is 0 Å². The van der Waals surface area contributed by atoms with Gasteiger partial charge in [0.1, 0.15) is 0 Å². The molecule has 0 spiro atoms. The maximum atomic E-state index is 11.7. The van der Waals surface area contributed by atoms with Crippen molar-refractivity contribution < 1.29 is 14.6 Å². The molecule has 1 atom stereocenters. The van der Waals surface area contributed by atoms with Crippen molar-refractivity contribution in [3.63, 3.8) is 0 Å². The molecule has 1 rings (SSSR count). The van der Waals surface area contributed by atoms with Crippen LogP contribution < -0.4 is 5.32 Å². The quantitative estimate of drug-likeness (QED) is 0.602. The van der Waals surface area contributed by atoms with Crippen molar-refractivity contribution in [1.82, 2.24) is 15.1 Å². The summed E-state index contributed by atoms with van der Waals surface area (Å²) in [6.07, 6.45) is -0.442. The number of nitrogens with one attached hydrogen (secondary N) is 1. The van der Waals surface area contributed by atoms with Crippen molar-refractivity contribution in [1.29, 1.82) is 0 Å². The minimum absolute atomic E-state index is 0.0866. The van der Waals surface area contributed by atoms with Crippen molar-refractivity contribution in [2.24, 2.45) is 0 Å². The molecule has 0 aromatic heterocycles. The number of β-amino-alcohol motifs (C(OH)–C–C–N with tert-alkyl or cyclic N) is 1. The molecule has 1 aliphatic heterocycles. The van der Waals surface area contributed by atoms with Crippen LogP contribution in [0.5, 0.6) is 0 Å². The third-order valence-corrected chi connectivity index (χ3v) is 3.34. The average molecular weight is 273 g/mol. The zero-order valence-electron chi connectivity index (χ0n) is 12.1. The number of carbonyl (C=O) groups is 1. The Labute approximate surface area is 115 Å². The zero-order chi connectivity index (χ0) is 14.1. The monoisotopic (exact) mass is 273 g/mol. The second-order valence-electron chi connectivity index (χ2n) is 4.76. The van der Waals surface area contributed by atoms with Gasteiger partial charge in [-0.3, -0.25) is 9.69 Å². The van der Waals surface area contributed by atoms with E-state index in [2.05, 4.69) is 10.2 Å². The van der Waals surface area contributed by atoms with E-state index in [4.69, 9.17) is 4.74 Å². The highest BCUT2D eigenvalue weighted by atomic mass is 16.5. The molecule has 0 saturated carbocycles. The topological polar surface area (TPSA) is 65.0 Å². The van der Waals surface area contributed by atoms with E-state index in [9.17, 15) is 9.90 Å². The summed E-state index contributed by atoms with van der Waals surface area (Å²) >= 11 is 0. The first-order valence-electron chi connectivity index (χ1n) is 7.14. The molecule has 19 heavy (non-hydrogen) atoms. The molecule has 0 aliphatic carbocycles. The van der Waals surface area contributed by atoms with Gasteiger partial charge in [0, 0.05) is 39.3 Å². The second kappa shape index (κ2) is 9.25. The zero-order valence-corrected chi connectivity index (χ0v) is 12.1. The Morgan fingerprint density at radius 3 is 2.58 bits per heavy atom. The molecule has 1 unspecified atom stereocenters. The van der Waals surface area contributed by atoms with E-state index in [1.54, 1.807) is 4.90 Å². The Balaban J connectivity index is 2.12. The van der Waals surface area contributed by atoms with Crippen molar-refractivity contribution in [3.05, 3.63) is 0 Å². The second-order valence-corrected chi connectivity index (χ2v) is 4.76. The van der Waals surface area contributed by atoms with Gasteiger partial charge in [-0.15, -0.1) is 0 Å². The third kappa shape index (κ3) is 6.33. The maximum Gasteiger partial charge on any atom is 0.236 e. The number of amides is 1. The summed E-state index contributed by atoms with van der Waals surface area (Å²) in [4.78, 5) is 15.7. The van der Waals surface area contributed by atoms with Crippen LogP contribution in [0.15, 0.2) is 0 Å². The molecular formula is C13H27N3O3. The van der Waals surface area contributed by atoms with Crippen molar-refractivity contribution >= 4 is 5.91 Å². The standard InChI is InChI=1S/C13H27N3O3/c1-3-16(4-2)13(18)10-14-9-12(17)11-15-5-7-19-8-6-15/h12,14,17H,3-11H2,1-2H3. The molecule has 0 aromatic carbocycles. The number of hydrogen-bond acceptors (Lipinski definition) is 5. The summed E-state index contributed by atoms with van der Waals surface area (Å²) < 4.78 is 5.26. The van der Waals surface area contributed by atoms with Crippen molar-refractivity contribution in [2.75, 3.05) is 59.0 Å². The van der Waals surface area contributed by atoms with Gasteiger partial charge in [0.05, 0.1) is 25.9 Å². The first kappa shape index (κ1) is 16.4. The molecule has 1 aliphatic rings. The van der Waals surface area contributed by atoms with Crippen LogP contribution in [0, 0.1) is 0 Å². The molecule has 1 fully saturated rings. The normalized spacial score (nSPS) is 18.3. The number of morpholine rings is 1. The molecule has 0 bridgehead atoms. The van der Waals surface area contributed by atoms with E-state index < -0.39 is 6.10 Å².